The summed E-state index contributed by atoms with van der Waals surface area (Å²) in [7, 11) is 0. The van der Waals surface area contributed by atoms with Gasteiger partial charge in [-0.2, -0.15) is 0 Å². The Morgan fingerprint density at radius 1 is 0.800 bits per heavy atom. The van der Waals surface area contributed by atoms with Crippen molar-refractivity contribution >= 4 is 16.6 Å². The molecule has 0 fully saturated rings. The minimum Gasteiger partial charge on any atom is -0.249 e. The highest BCUT2D eigenvalue weighted by atomic mass is 15.4. The molecule has 2 aromatic carbocycles. The summed E-state index contributed by atoms with van der Waals surface area (Å²) in [6.45, 7) is 2.10. The second-order valence-corrected chi connectivity index (χ2v) is 8.02. The average Bonchev–Trinajstić information content (AvgIpc) is 3.24. The Hall–Kier alpha value is -3.60. The Labute approximate surface area is 174 Å². The molecule has 0 spiro atoms. The predicted molar refractivity (Wildman–Crippen MR) is 118 cm³/mol. The van der Waals surface area contributed by atoms with Gasteiger partial charge in [-0.15, -0.1) is 5.10 Å². The smallest absolute Gasteiger partial charge is 0.123 e. The van der Waals surface area contributed by atoms with E-state index in [1.54, 1.807) is 0 Å². The van der Waals surface area contributed by atoms with Crippen molar-refractivity contribution in [2.75, 3.05) is 0 Å². The molecule has 0 saturated carbocycles. The van der Waals surface area contributed by atoms with Crippen LogP contribution in [-0.2, 0) is 12.8 Å². The predicted octanol–water partition coefficient (Wildman–Crippen LogP) is 5.19. The van der Waals surface area contributed by atoms with E-state index >= 15 is 0 Å². The highest BCUT2D eigenvalue weighted by Gasteiger charge is 2.21. The SMILES string of the molecule is Cc1ccc(-c2cc3nc4c(nc3c3c(-c5ccccc5)nnn23)CCCC4)cc1. The molecule has 30 heavy (non-hydrogen) atoms. The molecular formula is C25H21N5. The summed E-state index contributed by atoms with van der Waals surface area (Å²) in [5, 5.41) is 9.13. The van der Waals surface area contributed by atoms with Gasteiger partial charge in [0.2, 0.25) is 0 Å². The van der Waals surface area contributed by atoms with Gasteiger partial charge in [-0.3, -0.25) is 0 Å². The van der Waals surface area contributed by atoms with E-state index < -0.39 is 0 Å². The maximum absolute atomic E-state index is 5.09. The van der Waals surface area contributed by atoms with Gasteiger partial charge in [-0.25, -0.2) is 14.5 Å². The first-order valence-corrected chi connectivity index (χ1v) is 10.5. The first-order valence-electron chi connectivity index (χ1n) is 10.5. The van der Waals surface area contributed by atoms with Crippen molar-refractivity contribution in [3.8, 4) is 22.5 Å². The molecular weight excluding hydrogens is 370 g/mol. The molecule has 5 heteroatoms. The quantitative estimate of drug-likeness (QED) is 0.415. The lowest BCUT2D eigenvalue weighted by atomic mass is 9.99. The number of nitrogens with zero attached hydrogens (tertiary/aromatic N) is 5. The molecule has 0 aliphatic heterocycles. The van der Waals surface area contributed by atoms with Crippen molar-refractivity contribution in [3.63, 3.8) is 0 Å². The Kier molecular flexibility index (Phi) is 3.88. The number of fused-ring (bicyclic) bond motifs is 4. The zero-order valence-corrected chi connectivity index (χ0v) is 16.8. The van der Waals surface area contributed by atoms with Crippen molar-refractivity contribution < 1.29 is 0 Å². The third-order valence-corrected chi connectivity index (χ3v) is 5.95. The third-order valence-electron chi connectivity index (χ3n) is 5.95. The number of aromatic nitrogens is 5. The normalized spacial score (nSPS) is 13.6. The number of aryl methyl sites for hydroxylation is 3. The van der Waals surface area contributed by atoms with E-state index in [0.717, 1.165) is 63.3 Å². The summed E-state index contributed by atoms with van der Waals surface area (Å²) in [5.74, 6) is 0. The second kappa shape index (κ2) is 6.73. The fourth-order valence-electron chi connectivity index (χ4n) is 4.35. The van der Waals surface area contributed by atoms with E-state index in [2.05, 4.69) is 59.7 Å². The van der Waals surface area contributed by atoms with Crippen LogP contribution in [0, 0.1) is 6.92 Å². The Morgan fingerprint density at radius 3 is 2.30 bits per heavy atom. The van der Waals surface area contributed by atoms with E-state index in [1.807, 2.05) is 22.7 Å². The monoisotopic (exact) mass is 391 g/mol. The topological polar surface area (TPSA) is 56.0 Å². The first kappa shape index (κ1) is 17.3. The summed E-state index contributed by atoms with van der Waals surface area (Å²) in [6, 6.07) is 20.8. The van der Waals surface area contributed by atoms with Gasteiger partial charge in [-0.1, -0.05) is 65.4 Å². The molecule has 5 nitrogen and oxygen atoms in total. The minimum absolute atomic E-state index is 0.847. The van der Waals surface area contributed by atoms with Crippen LogP contribution in [0.15, 0.2) is 60.7 Å². The van der Waals surface area contributed by atoms with Crippen molar-refractivity contribution in [1.82, 2.24) is 24.8 Å². The van der Waals surface area contributed by atoms with E-state index in [4.69, 9.17) is 9.97 Å². The van der Waals surface area contributed by atoms with Crippen LogP contribution in [-0.4, -0.2) is 24.8 Å². The third kappa shape index (κ3) is 2.70. The van der Waals surface area contributed by atoms with Crippen molar-refractivity contribution in [3.05, 3.63) is 77.6 Å². The highest BCUT2D eigenvalue weighted by molar-refractivity contribution is 6.00. The molecule has 0 radical (unpaired) electrons. The zero-order valence-electron chi connectivity index (χ0n) is 16.8. The van der Waals surface area contributed by atoms with Crippen molar-refractivity contribution in [1.29, 1.82) is 0 Å². The maximum atomic E-state index is 5.09. The van der Waals surface area contributed by atoms with E-state index in [0.29, 0.717) is 0 Å². The van der Waals surface area contributed by atoms with Crippen molar-refractivity contribution in [2.45, 2.75) is 32.6 Å². The van der Waals surface area contributed by atoms with Gasteiger partial charge in [0.15, 0.2) is 0 Å². The molecule has 3 heterocycles. The molecule has 1 aliphatic rings. The molecule has 3 aromatic heterocycles. The first-order chi connectivity index (χ1) is 14.8. The molecule has 1 aliphatic carbocycles. The van der Waals surface area contributed by atoms with Gasteiger partial charge < -0.3 is 0 Å². The van der Waals surface area contributed by atoms with E-state index in [-0.39, 0.29) is 0 Å². The summed E-state index contributed by atoms with van der Waals surface area (Å²) in [5.41, 5.74) is 10.2. The van der Waals surface area contributed by atoms with Crippen LogP contribution in [0.25, 0.3) is 39.1 Å². The molecule has 0 saturated heterocycles. The summed E-state index contributed by atoms with van der Waals surface area (Å²) in [4.78, 5) is 10.1. The Balaban J connectivity index is 1.72. The van der Waals surface area contributed by atoms with Gasteiger partial charge in [0.1, 0.15) is 16.7 Å². The van der Waals surface area contributed by atoms with Gasteiger partial charge in [0.05, 0.1) is 22.6 Å². The lowest BCUT2D eigenvalue weighted by Crippen LogP contribution is -2.09. The van der Waals surface area contributed by atoms with Crippen LogP contribution in [0.2, 0.25) is 0 Å². The van der Waals surface area contributed by atoms with Gasteiger partial charge in [0, 0.05) is 11.1 Å². The molecule has 0 N–H and O–H groups in total. The van der Waals surface area contributed by atoms with Gasteiger partial charge in [0.25, 0.3) is 0 Å². The van der Waals surface area contributed by atoms with Crippen LogP contribution >= 0.6 is 0 Å². The van der Waals surface area contributed by atoms with Gasteiger partial charge in [-0.05, 0) is 38.7 Å². The highest BCUT2D eigenvalue weighted by Crippen LogP contribution is 2.33. The lowest BCUT2D eigenvalue weighted by Gasteiger charge is -2.16. The van der Waals surface area contributed by atoms with Crippen LogP contribution in [0.1, 0.15) is 29.8 Å². The molecule has 0 amide bonds. The molecule has 0 unspecified atom stereocenters. The van der Waals surface area contributed by atoms with Crippen LogP contribution in [0.4, 0.5) is 0 Å². The molecule has 0 atom stereocenters. The fourth-order valence-corrected chi connectivity index (χ4v) is 4.35. The van der Waals surface area contributed by atoms with Crippen molar-refractivity contribution in [2.24, 2.45) is 0 Å². The molecule has 146 valence electrons. The minimum atomic E-state index is 0.847. The maximum Gasteiger partial charge on any atom is 0.123 e. The second-order valence-electron chi connectivity index (χ2n) is 8.02. The Morgan fingerprint density at radius 2 is 1.53 bits per heavy atom. The van der Waals surface area contributed by atoms with Gasteiger partial charge >= 0.3 is 0 Å². The number of hydrogen-bond donors (Lipinski definition) is 0. The number of hydrogen-bond acceptors (Lipinski definition) is 4. The molecule has 6 rings (SSSR count). The average molecular weight is 391 g/mol. The van der Waals surface area contributed by atoms with E-state index in [9.17, 15) is 0 Å². The molecule has 0 bridgehead atoms. The van der Waals surface area contributed by atoms with Crippen LogP contribution < -0.4 is 0 Å². The van der Waals surface area contributed by atoms with Crippen LogP contribution in [0.5, 0.6) is 0 Å². The van der Waals surface area contributed by atoms with E-state index in [1.165, 1.54) is 18.4 Å². The molecule has 5 aromatic rings. The number of benzene rings is 2. The van der Waals surface area contributed by atoms with Crippen LogP contribution in [0.3, 0.4) is 0 Å². The largest absolute Gasteiger partial charge is 0.249 e. The summed E-state index contributed by atoms with van der Waals surface area (Å²) >= 11 is 0. The lowest BCUT2D eigenvalue weighted by molar-refractivity contribution is 0.655. The standard InChI is InChI=1S/C25H21N5/c1-16-11-13-17(14-12-16)22-15-21-24(27-20-10-6-5-9-19(20)26-21)25-23(28-29-30(22)25)18-7-3-2-4-8-18/h2-4,7-8,11-15H,5-6,9-10H2,1H3. The number of rotatable bonds is 2. The summed E-state index contributed by atoms with van der Waals surface area (Å²) in [6.07, 6.45) is 4.36. The zero-order chi connectivity index (χ0) is 20.1. The summed E-state index contributed by atoms with van der Waals surface area (Å²) < 4.78 is 1.93. The Bertz CT molecular complexity index is 1380. The fraction of sp³-hybridized carbons (Fsp3) is 0.200. The number of pyridine rings is 1.